The van der Waals surface area contributed by atoms with Gasteiger partial charge in [0, 0.05) is 29.4 Å². The zero-order valence-electron chi connectivity index (χ0n) is 10.2. The van der Waals surface area contributed by atoms with Crippen LogP contribution in [0.4, 0.5) is 0 Å². The van der Waals surface area contributed by atoms with E-state index in [0.29, 0.717) is 0 Å². The van der Waals surface area contributed by atoms with Crippen molar-refractivity contribution < 1.29 is 0 Å². The molecule has 0 aliphatic rings. The van der Waals surface area contributed by atoms with E-state index in [4.69, 9.17) is 11.6 Å². The average molecular weight is 291 g/mol. The van der Waals surface area contributed by atoms with Gasteiger partial charge in [-0.3, -0.25) is 4.98 Å². The highest BCUT2D eigenvalue weighted by Crippen LogP contribution is 2.28. The molecule has 1 aromatic carbocycles. The number of benzene rings is 1. The van der Waals surface area contributed by atoms with Crippen LogP contribution in [0.2, 0.25) is 5.02 Å². The molecule has 0 aliphatic carbocycles. The zero-order chi connectivity index (χ0) is 13.2. The van der Waals surface area contributed by atoms with E-state index in [0.717, 1.165) is 32.4 Å². The molecular formula is C13H11ClN4S. The molecule has 0 bridgehead atoms. The first-order valence-electron chi connectivity index (χ1n) is 5.74. The van der Waals surface area contributed by atoms with E-state index in [1.54, 1.807) is 24.3 Å². The predicted molar refractivity (Wildman–Crippen MR) is 77.3 cm³/mol. The van der Waals surface area contributed by atoms with Crippen LogP contribution in [0.15, 0.2) is 41.9 Å². The van der Waals surface area contributed by atoms with Crippen molar-refractivity contribution in [3.8, 4) is 0 Å². The third-order valence-electron chi connectivity index (χ3n) is 2.83. The maximum atomic E-state index is 6.18. The van der Waals surface area contributed by atoms with Crippen molar-refractivity contribution in [1.82, 2.24) is 19.7 Å². The first-order chi connectivity index (χ1) is 9.25. The molecule has 6 heteroatoms. The van der Waals surface area contributed by atoms with Crippen molar-refractivity contribution in [1.29, 1.82) is 0 Å². The Kier molecular flexibility index (Phi) is 3.40. The van der Waals surface area contributed by atoms with Crippen molar-refractivity contribution in [2.75, 3.05) is 0 Å². The second kappa shape index (κ2) is 5.19. The van der Waals surface area contributed by atoms with E-state index in [2.05, 4.69) is 15.2 Å². The Morgan fingerprint density at radius 2 is 2.21 bits per heavy atom. The molecule has 2 aromatic heterocycles. The molecular weight excluding hydrogens is 280 g/mol. The van der Waals surface area contributed by atoms with Crippen molar-refractivity contribution in [3.63, 3.8) is 0 Å². The van der Waals surface area contributed by atoms with E-state index in [1.807, 2.05) is 35.9 Å². The summed E-state index contributed by atoms with van der Waals surface area (Å²) in [5.74, 6) is 0.789. The summed E-state index contributed by atoms with van der Waals surface area (Å²) in [4.78, 5) is 4.42. The number of fused-ring (bicyclic) bond motifs is 1. The average Bonchev–Trinajstić information content (AvgIpc) is 2.84. The van der Waals surface area contributed by atoms with Gasteiger partial charge in [-0.05, 0) is 23.8 Å². The number of aryl methyl sites for hydroxylation is 1. The lowest BCUT2D eigenvalue weighted by molar-refractivity contribution is 0.788. The number of halogens is 1. The second-order valence-corrected chi connectivity index (χ2v) is 5.47. The number of aromatic nitrogens is 4. The highest BCUT2D eigenvalue weighted by molar-refractivity contribution is 7.98. The molecule has 3 rings (SSSR count). The minimum absolute atomic E-state index is 0.732. The summed E-state index contributed by atoms with van der Waals surface area (Å²) < 4.78 is 1.90. The van der Waals surface area contributed by atoms with Gasteiger partial charge in [-0.1, -0.05) is 29.4 Å². The van der Waals surface area contributed by atoms with Crippen LogP contribution in [0.1, 0.15) is 5.56 Å². The minimum atomic E-state index is 0.732. The molecule has 0 aliphatic heterocycles. The molecule has 0 radical (unpaired) electrons. The van der Waals surface area contributed by atoms with Gasteiger partial charge in [-0.2, -0.15) is 0 Å². The monoisotopic (exact) mass is 290 g/mol. The summed E-state index contributed by atoms with van der Waals surface area (Å²) in [5.41, 5.74) is 2.10. The Morgan fingerprint density at radius 3 is 3.00 bits per heavy atom. The first-order valence-corrected chi connectivity index (χ1v) is 7.11. The van der Waals surface area contributed by atoms with Gasteiger partial charge in [-0.15, -0.1) is 10.2 Å². The number of thioether (sulfide) groups is 1. The van der Waals surface area contributed by atoms with E-state index >= 15 is 0 Å². The standard InChI is InChI=1S/C13H11ClN4S/c1-18-8-16-17-13(18)19-7-9-4-5-11(14)10-3-2-6-15-12(9)10/h2-6,8H,7H2,1H3. The number of hydrogen-bond donors (Lipinski definition) is 0. The van der Waals surface area contributed by atoms with Crippen LogP contribution in [0, 0.1) is 0 Å². The van der Waals surface area contributed by atoms with Crippen LogP contribution in [-0.2, 0) is 12.8 Å². The van der Waals surface area contributed by atoms with E-state index < -0.39 is 0 Å². The predicted octanol–water partition coefficient (Wildman–Crippen LogP) is 3.31. The van der Waals surface area contributed by atoms with Crippen molar-refractivity contribution in [2.24, 2.45) is 7.05 Å². The summed E-state index contributed by atoms with van der Waals surface area (Å²) in [6.07, 6.45) is 3.48. The third kappa shape index (κ3) is 2.43. The lowest BCUT2D eigenvalue weighted by atomic mass is 10.1. The van der Waals surface area contributed by atoms with Crippen molar-refractivity contribution in [2.45, 2.75) is 10.9 Å². The Balaban J connectivity index is 1.93. The molecule has 0 amide bonds. The largest absolute Gasteiger partial charge is 0.312 e. The Hall–Kier alpha value is -1.59. The van der Waals surface area contributed by atoms with Crippen LogP contribution in [0.5, 0.6) is 0 Å². The Labute approximate surface area is 119 Å². The topological polar surface area (TPSA) is 43.6 Å². The second-order valence-electron chi connectivity index (χ2n) is 4.12. The summed E-state index contributed by atoms with van der Waals surface area (Å²) in [6, 6.07) is 7.81. The molecule has 0 atom stereocenters. The molecule has 0 spiro atoms. The molecule has 0 fully saturated rings. The lowest BCUT2D eigenvalue weighted by Crippen LogP contribution is -1.92. The highest BCUT2D eigenvalue weighted by atomic mass is 35.5. The van der Waals surface area contributed by atoms with E-state index in [1.165, 1.54) is 0 Å². The van der Waals surface area contributed by atoms with Gasteiger partial charge >= 0.3 is 0 Å². The fourth-order valence-corrected chi connectivity index (χ4v) is 2.95. The van der Waals surface area contributed by atoms with Gasteiger partial charge in [0.2, 0.25) is 0 Å². The van der Waals surface area contributed by atoms with Crippen LogP contribution < -0.4 is 0 Å². The van der Waals surface area contributed by atoms with Gasteiger partial charge in [0.25, 0.3) is 0 Å². The minimum Gasteiger partial charge on any atom is -0.312 e. The summed E-state index contributed by atoms with van der Waals surface area (Å²) in [5, 5.41) is 10.5. The van der Waals surface area contributed by atoms with E-state index in [9.17, 15) is 0 Å². The van der Waals surface area contributed by atoms with Gasteiger partial charge in [0.05, 0.1) is 5.52 Å². The van der Waals surface area contributed by atoms with Gasteiger partial charge in [0.15, 0.2) is 5.16 Å². The number of nitrogens with zero attached hydrogens (tertiary/aromatic N) is 4. The van der Waals surface area contributed by atoms with Crippen LogP contribution in [0.3, 0.4) is 0 Å². The molecule has 3 aromatic rings. The maximum absolute atomic E-state index is 6.18. The molecule has 2 heterocycles. The molecule has 19 heavy (non-hydrogen) atoms. The third-order valence-corrected chi connectivity index (χ3v) is 4.24. The van der Waals surface area contributed by atoms with E-state index in [-0.39, 0.29) is 0 Å². The van der Waals surface area contributed by atoms with Crippen molar-refractivity contribution in [3.05, 3.63) is 47.4 Å². The number of rotatable bonds is 3. The molecule has 0 unspecified atom stereocenters. The summed E-state index contributed by atoms with van der Waals surface area (Å²) in [6.45, 7) is 0. The zero-order valence-corrected chi connectivity index (χ0v) is 11.8. The molecule has 96 valence electrons. The Bertz CT molecular complexity index is 725. The van der Waals surface area contributed by atoms with Crippen LogP contribution in [-0.4, -0.2) is 19.7 Å². The van der Waals surface area contributed by atoms with Crippen LogP contribution in [0.25, 0.3) is 10.9 Å². The maximum Gasteiger partial charge on any atom is 0.191 e. The molecule has 0 N–H and O–H groups in total. The quantitative estimate of drug-likeness (QED) is 0.694. The number of hydrogen-bond acceptors (Lipinski definition) is 4. The number of pyridine rings is 1. The highest BCUT2D eigenvalue weighted by Gasteiger charge is 2.08. The molecule has 0 saturated heterocycles. The lowest BCUT2D eigenvalue weighted by Gasteiger charge is -2.06. The normalized spacial score (nSPS) is 11.1. The van der Waals surface area contributed by atoms with Crippen molar-refractivity contribution >= 4 is 34.3 Å². The fraction of sp³-hybridized carbons (Fsp3) is 0.154. The molecule has 4 nitrogen and oxygen atoms in total. The molecule has 0 saturated carbocycles. The fourth-order valence-electron chi connectivity index (χ4n) is 1.86. The Morgan fingerprint density at radius 1 is 1.32 bits per heavy atom. The summed E-state index contributed by atoms with van der Waals surface area (Å²) >= 11 is 7.81. The van der Waals surface area contributed by atoms with Gasteiger partial charge < -0.3 is 4.57 Å². The first kappa shape index (κ1) is 12.4. The van der Waals surface area contributed by atoms with Gasteiger partial charge in [0.1, 0.15) is 6.33 Å². The van der Waals surface area contributed by atoms with Gasteiger partial charge in [-0.25, -0.2) is 0 Å². The summed E-state index contributed by atoms with van der Waals surface area (Å²) in [7, 11) is 1.93. The van der Waals surface area contributed by atoms with Crippen LogP contribution >= 0.6 is 23.4 Å². The SMILES string of the molecule is Cn1cnnc1SCc1ccc(Cl)c2cccnc12. The smallest absolute Gasteiger partial charge is 0.191 e.